The van der Waals surface area contributed by atoms with E-state index in [2.05, 4.69) is 5.32 Å². The van der Waals surface area contributed by atoms with Crippen molar-refractivity contribution in [3.63, 3.8) is 0 Å². The van der Waals surface area contributed by atoms with Crippen molar-refractivity contribution >= 4 is 17.5 Å². The van der Waals surface area contributed by atoms with Gasteiger partial charge in [-0.2, -0.15) is 0 Å². The van der Waals surface area contributed by atoms with Gasteiger partial charge in [0.15, 0.2) is 0 Å². The summed E-state index contributed by atoms with van der Waals surface area (Å²) in [5.41, 5.74) is 2.40. The third-order valence-electron chi connectivity index (χ3n) is 5.19. The van der Waals surface area contributed by atoms with E-state index in [0.29, 0.717) is 25.8 Å². The number of anilines is 1. The van der Waals surface area contributed by atoms with Gasteiger partial charge in [0.25, 0.3) is 0 Å². The SMILES string of the molecule is CCCNC(=O)CC[C@@]1(Cc2ccccc2)C(=O)N(C)c2ccccc21. The molecule has 1 atom stereocenters. The minimum Gasteiger partial charge on any atom is -0.356 e. The summed E-state index contributed by atoms with van der Waals surface area (Å²) in [7, 11) is 1.82. The van der Waals surface area contributed by atoms with Gasteiger partial charge in [-0.15, -0.1) is 0 Å². The smallest absolute Gasteiger partial charge is 0.237 e. The number of para-hydroxylation sites is 1. The molecule has 136 valence electrons. The van der Waals surface area contributed by atoms with E-state index in [0.717, 1.165) is 23.2 Å². The fourth-order valence-corrected chi connectivity index (χ4v) is 3.84. The first-order valence-corrected chi connectivity index (χ1v) is 9.27. The number of amides is 2. The van der Waals surface area contributed by atoms with Gasteiger partial charge in [0.1, 0.15) is 0 Å². The lowest BCUT2D eigenvalue weighted by Gasteiger charge is -2.28. The number of rotatable bonds is 7. The first-order chi connectivity index (χ1) is 12.6. The largest absolute Gasteiger partial charge is 0.356 e. The zero-order chi connectivity index (χ0) is 18.6. The van der Waals surface area contributed by atoms with Gasteiger partial charge < -0.3 is 10.2 Å². The molecule has 1 N–H and O–H groups in total. The zero-order valence-electron chi connectivity index (χ0n) is 15.5. The number of nitrogens with zero attached hydrogens (tertiary/aromatic N) is 1. The first kappa shape index (κ1) is 18.2. The first-order valence-electron chi connectivity index (χ1n) is 9.27. The van der Waals surface area contributed by atoms with Crippen LogP contribution in [-0.2, 0) is 21.4 Å². The van der Waals surface area contributed by atoms with Crippen molar-refractivity contribution in [3.05, 3.63) is 65.7 Å². The molecule has 2 aromatic rings. The molecular formula is C22H26N2O2. The highest BCUT2D eigenvalue weighted by Crippen LogP contribution is 2.46. The molecule has 0 aromatic heterocycles. The molecule has 1 aliphatic heterocycles. The van der Waals surface area contributed by atoms with Gasteiger partial charge in [-0.1, -0.05) is 55.5 Å². The minimum absolute atomic E-state index is 0.0131. The van der Waals surface area contributed by atoms with Crippen LogP contribution in [0.2, 0.25) is 0 Å². The Hall–Kier alpha value is -2.62. The number of hydrogen-bond acceptors (Lipinski definition) is 2. The molecule has 1 heterocycles. The summed E-state index contributed by atoms with van der Waals surface area (Å²) in [5, 5.41) is 2.92. The van der Waals surface area contributed by atoms with Crippen molar-refractivity contribution in [2.24, 2.45) is 0 Å². The molecule has 0 spiro atoms. The Morgan fingerprint density at radius 3 is 2.50 bits per heavy atom. The Bertz CT molecular complexity index is 788. The number of benzene rings is 2. The van der Waals surface area contributed by atoms with Crippen LogP contribution in [-0.4, -0.2) is 25.4 Å². The average molecular weight is 350 g/mol. The highest BCUT2D eigenvalue weighted by molar-refractivity contribution is 6.08. The molecular weight excluding hydrogens is 324 g/mol. The summed E-state index contributed by atoms with van der Waals surface area (Å²) in [6.45, 7) is 2.71. The number of likely N-dealkylation sites (N-methyl/N-ethyl adjacent to an activating group) is 1. The van der Waals surface area contributed by atoms with E-state index < -0.39 is 5.41 Å². The second-order valence-electron chi connectivity index (χ2n) is 6.98. The van der Waals surface area contributed by atoms with Crippen LogP contribution in [0.25, 0.3) is 0 Å². The molecule has 0 bridgehead atoms. The predicted molar refractivity (Wildman–Crippen MR) is 104 cm³/mol. The number of fused-ring (bicyclic) bond motifs is 1. The second-order valence-corrected chi connectivity index (χ2v) is 6.98. The van der Waals surface area contributed by atoms with Crippen molar-refractivity contribution in [3.8, 4) is 0 Å². The van der Waals surface area contributed by atoms with Gasteiger partial charge in [0.05, 0.1) is 5.41 Å². The summed E-state index contributed by atoms with van der Waals surface area (Å²) in [6.07, 6.45) is 2.37. The topological polar surface area (TPSA) is 49.4 Å². The third-order valence-corrected chi connectivity index (χ3v) is 5.19. The van der Waals surface area contributed by atoms with Crippen molar-refractivity contribution < 1.29 is 9.59 Å². The molecule has 1 aliphatic rings. The molecule has 2 amide bonds. The van der Waals surface area contributed by atoms with Crippen LogP contribution in [0.1, 0.15) is 37.3 Å². The maximum atomic E-state index is 13.3. The molecule has 4 nitrogen and oxygen atoms in total. The zero-order valence-corrected chi connectivity index (χ0v) is 15.5. The predicted octanol–water partition coefficient (Wildman–Crippen LogP) is 3.45. The molecule has 26 heavy (non-hydrogen) atoms. The van der Waals surface area contributed by atoms with Crippen LogP contribution in [0.5, 0.6) is 0 Å². The number of nitrogens with one attached hydrogen (secondary N) is 1. The highest BCUT2D eigenvalue weighted by Gasteiger charge is 2.49. The van der Waals surface area contributed by atoms with Gasteiger partial charge in [-0.3, -0.25) is 9.59 Å². The summed E-state index contributed by atoms with van der Waals surface area (Å²) in [5.74, 6) is 0.0879. The Morgan fingerprint density at radius 1 is 1.08 bits per heavy atom. The number of carbonyl (C=O) groups excluding carboxylic acids is 2. The maximum Gasteiger partial charge on any atom is 0.237 e. The quantitative estimate of drug-likeness (QED) is 0.831. The lowest BCUT2D eigenvalue weighted by Crippen LogP contribution is -2.41. The van der Waals surface area contributed by atoms with Crippen molar-refractivity contribution in [2.45, 2.75) is 38.0 Å². The van der Waals surface area contributed by atoms with Gasteiger partial charge >= 0.3 is 0 Å². The summed E-state index contributed by atoms with van der Waals surface area (Å²) >= 11 is 0. The Kier molecular flexibility index (Phi) is 5.40. The molecule has 4 heteroatoms. The van der Waals surface area contributed by atoms with Gasteiger partial charge in [0, 0.05) is 25.7 Å². The molecule has 0 unspecified atom stereocenters. The highest BCUT2D eigenvalue weighted by atomic mass is 16.2. The van der Waals surface area contributed by atoms with Crippen molar-refractivity contribution in [1.29, 1.82) is 0 Å². The summed E-state index contributed by atoms with van der Waals surface area (Å²) in [6, 6.07) is 18.0. The van der Waals surface area contributed by atoms with Crippen LogP contribution in [0.3, 0.4) is 0 Å². The normalized spacial score (nSPS) is 18.7. The third kappa shape index (κ3) is 3.36. The molecule has 0 saturated heterocycles. The van der Waals surface area contributed by atoms with Crippen LogP contribution in [0, 0.1) is 0 Å². The molecule has 0 radical (unpaired) electrons. The van der Waals surface area contributed by atoms with E-state index in [9.17, 15) is 9.59 Å². The van der Waals surface area contributed by atoms with Crippen LogP contribution < -0.4 is 10.2 Å². The fourth-order valence-electron chi connectivity index (χ4n) is 3.84. The standard InChI is InChI=1S/C22H26N2O2/c1-3-15-23-20(25)13-14-22(16-17-9-5-4-6-10-17)18-11-7-8-12-19(18)24(2)21(22)26/h4-12H,3,13-16H2,1-2H3,(H,23,25)/t22-/m0/s1. The number of carbonyl (C=O) groups is 2. The molecule has 0 aliphatic carbocycles. The average Bonchev–Trinajstić information content (AvgIpc) is 2.88. The van der Waals surface area contributed by atoms with Crippen molar-refractivity contribution in [2.75, 3.05) is 18.5 Å². The van der Waals surface area contributed by atoms with Crippen LogP contribution in [0.4, 0.5) is 5.69 Å². The summed E-state index contributed by atoms with van der Waals surface area (Å²) < 4.78 is 0. The Morgan fingerprint density at radius 2 is 1.77 bits per heavy atom. The monoisotopic (exact) mass is 350 g/mol. The molecule has 2 aromatic carbocycles. The Labute approximate surface area is 155 Å². The summed E-state index contributed by atoms with van der Waals surface area (Å²) in [4.78, 5) is 27.3. The van der Waals surface area contributed by atoms with Crippen LogP contribution in [0.15, 0.2) is 54.6 Å². The van der Waals surface area contributed by atoms with E-state index in [1.807, 2.05) is 68.6 Å². The van der Waals surface area contributed by atoms with E-state index in [1.54, 1.807) is 4.90 Å². The maximum absolute atomic E-state index is 13.3. The second kappa shape index (κ2) is 7.73. The number of hydrogen-bond donors (Lipinski definition) is 1. The van der Waals surface area contributed by atoms with Gasteiger partial charge in [0.2, 0.25) is 11.8 Å². The molecule has 0 saturated carbocycles. The van der Waals surface area contributed by atoms with E-state index in [-0.39, 0.29) is 11.8 Å². The lowest BCUT2D eigenvalue weighted by molar-refractivity contribution is -0.124. The minimum atomic E-state index is -0.684. The fraction of sp³-hybridized carbons (Fsp3) is 0.364. The van der Waals surface area contributed by atoms with E-state index >= 15 is 0 Å². The van der Waals surface area contributed by atoms with Gasteiger partial charge in [-0.25, -0.2) is 0 Å². The lowest BCUT2D eigenvalue weighted by atomic mass is 9.73. The molecule has 3 rings (SSSR count). The van der Waals surface area contributed by atoms with E-state index in [4.69, 9.17) is 0 Å². The van der Waals surface area contributed by atoms with Crippen LogP contribution >= 0.6 is 0 Å². The Balaban J connectivity index is 1.95. The molecule has 0 fully saturated rings. The van der Waals surface area contributed by atoms with E-state index in [1.165, 1.54) is 0 Å². The van der Waals surface area contributed by atoms with Crippen molar-refractivity contribution in [1.82, 2.24) is 5.32 Å². The van der Waals surface area contributed by atoms with Gasteiger partial charge in [-0.05, 0) is 36.5 Å².